The van der Waals surface area contributed by atoms with Crippen LogP contribution in [0.4, 0.5) is 0 Å². The molecule has 0 N–H and O–H groups in total. The minimum Gasteiger partial charge on any atom is -0.309 e. The summed E-state index contributed by atoms with van der Waals surface area (Å²) in [5, 5.41) is 12.8. The van der Waals surface area contributed by atoms with E-state index in [0.717, 1.165) is 0 Å². The zero-order valence-corrected chi connectivity index (χ0v) is 29.6. The lowest BCUT2D eigenvalue weighted by Gasteiger charge is -2.22. The van der Waals surface area contributed by atoms with Crippen LogP contribution in [0, 0.1) is 0 Å². The summed E-state index contributed by atoms with van der Waals surface area (Å²) in [5.74, 6) is 0. The maximum absolute atomic E-state index is 2.49. The molecule has 1 aliphatic rings. The van der Waals surface area contributed by atoms with E-state index < -0.39 is 0 Å². The van der Waals surface area contributed by atoms with Gasteiger partial charge in [0.15, 0.2) is 0 Å². The van der Waals surface area contributed by atoms with E-state index in [0.29, 0.717) is 0 Å². The summed E-state index contributed by atoms with van der Waals surface area (Å²) < 4.78 is 4.98. The molecule has 11 aromatic rings. The third-order valence-electron chi connectivity index (χ3n) is 12.3. The van der Waals surface area contributed by atoms with Crippen LogP contribution in [-0.4, -0.2) is 9.13 Å². The summed E-state index contributed by atoms with van der Waals surface area (Å²) in [6.07, 6.45) is 0. The van der Waals surface area contributed by atoms with Crippen molar-refractivity contribution < 1.29 is 0 Å². The van der Waals surface area contributed by atoms with Gasteiger partial charge in [-0.1, -0.05) is 135 Å². The first-order valence-electron chi connectivity index (χ1n) is 18.6. The second-order valence-electron chi connectivity index (χ2n) is 15.3. The topological polar surface area (TPSA) is 9.86 Å². The lowest BCUT2D eigenvalue weighted by Crippen LogP contribution is -2.15. The van der Waals surface area contributed by atoms with Crippen LogP contribution in [0.5, 0.6) is 0 Å². The highest BCUT2D eigenvalue weighted by atomic mass is 15.0. The van der Waals surface area contributed by atoms with Crippen LogP contribution in [0.2, 0.25) is 0 Å². The van der Waals surface area contributed by atoms with Crippen molar-refractivity contribution in [3.05, 3.63) is 181 Å². The van der Waals surface area contributed by atoms with Gasteiger partial charge in [-0.3, -0.25) is 0 Å². The van der Waals surface area contributed by atoms with Crippen LogP contribution in [0.25, 0.3) is 98.4 Å². The van der Waals surface area contributed by atoms with Crippen LogP contribution < -0.4 is 0 Å². The van der Waals surface area contributed by atoms with Gasteiger partial charge < -0.3 is 9.13 Å². The molecule has 0 bridgehead atoms. The molecule has 0 atom stereocenters. The van der Waals surface area contributed by atoms with Crippen molar-refractivity contribution in [2.45, 2.75) is 19.3 Å². The van der Waals surface area contributed by atoms with E-state index in [1.54, 1.807) is 0 Å². The highest BCUT2D eigenvalue weighted by Crippen LogP contribution is 2.50. The Morgan fingerprint density at radius 2 is 0.755 bits per heavy atom. The maximum atomic E-state index is 2.49. The van der Waals surface area contributed by atoms with Crippen molar-refractivity contribution in [3.63, 3.8) is 0 Å². The quantitative estimate of drug-likeness (QED) is 0.162. The fourth-order valence-electron chi connectivity index (χ4n) is 9.85. The van der Waals surface area contributed by atoms with Crippen molar-refractivity contribution in [2.24, 2.45) is 0 Å². The highest BCUT2D eigenvalue weighted by molar-refractivity contribution is 6.26. The number of hydrogen-bond donors (Lipinski definition) is 0. The van der Waals surface area contributed by atoms with Gasteiger partial charge >= 0.3 is 0 Å². The van der Waals surface area contributed by atoms with Crippen LogP contribution in [0.15, 0.2) is 170 Å². The normalized spacial score (nSPS) is 13.6. The maximum Gasteiger partial charge on any atom is 0.0562 e. The molecule has 0 unspecified atom stereocenters. The molecule has 9 aromatic carbocycles. The van der Waals surface area contributed by atoms with E-state index in [9.17, 15) is 0 Å². The molecule has 0 saturated carbocycles. The molecule has 0 spiro atoms. The molecule has 2 aromatic heterocycles. The molecule has 0 amide bonds. The second-order valence-corrected chi connectivity index (χ2v) is 15.3. The number of nitrogens with zero attached hydrogens (tertiary/aromatic N) is 2. The average Bonchev–Trinajstić information content (AvgIpc) is 3.79. The molecule has 0 radical (unpaired) electrons. The lowest BCUT2D eigenvalue weighted by atomic mass is 9.82. The predicted molar refractivity (Wildman–Crippen MR) is 225 cm³/mol. The fraction of sp³-hybridized carbons (Fsp3) is 0.0588. The van der Waals surface area contributed by atoms with Crippen molar-refractivity contribution in [2.75, 3.05) is 0 Å². The smallest absolute Gasteiger partial charge is 0.0562 e. The van der Waals surface area contributed by atoms with Gasteiger partial charge in [-0.15, -0.1) is 0 Å². The van der Waals surface area contributed by atoms with E-state index in [1.165, 1.54) is 110 Å². The summed E-state index contributed by atoms with van der Waals surface area (Å²) in [7, 11) is 0. The minimum absolute atomic E-state index is 0.0774. The van der Waals surface area contributed by atoms with E-state index in [1.807, 2.05) is 0 Å². The SMILES string of the molecule is CC1(C)c2ccccc2-c2ccc(-n3c4ccccc4c4cc5c6ccccc6n(-c6ccc7c8ccccc8c8ccccc8c7c6)c5cc43)cc21. The van der Waals surface area contributed by atoms with Gasteiger partial charge in [-0.25, -0.2) is 0 Å². The zero-order chi connectivity index (χ0) is 35.0. The molecule has 2 heteroatoms. The minimum atomic E-state index is -0.0774. The first-order chi connectivity index (χ1) is 26.1. The first-order valence-corrected chi connectivity index (χ1v) is 18.6. The van der Waals surface area contributed by atoms with E-state index in [4.69, 9.17) is 0 Å². The van der Waals surface area contributed by atoms with Gasteiger partial charge in [0.25, 0.3) is 0 Å². The Labute approximate surface area is 306 Å². The fourth-order valence-corrected chi connectivity index (χ4v) is 9.85. The van der Waals surface area contributed by atoms with Gasteiger partial charge in [0.1, 0.15) is 0 Å². The summed E-state index contributed by atoms with van der Waals surface area (Å²) >= 11 is 0. The molecule has 2 nitrogen and oxygen atoms in total. The molecular formula is C51H34N2. The Morgan fingerprint density at radius 1 is 0.302 bits per heavy atom. The number of fused-ring (bicyclic) bond motifs is 15. The van der Waals surface area contributed by atoms with Gasteiger partial charge in [0, 0.05) is 38.3 Å². The standard InChI is InChI=1S/C51H34N2/c1-51(2)45-20-10-7-17-38(45)39-26-24-32(28-46(39)51)53-48-22-12-9-19-41(48)44-29-43-40-18-8-11-21-47(40)52(49(43)30-50(44)53)31-23-25-37-35-15-4-3-13-33(35)34-14-5-6-16-36(34)42(37)27-31/h3-30H,1-2H3. The summed E-state index contributed by atoms with van der Waals surface area (Å²) in [4.78, 5) is 0. The van der Waals surface area contributed by atoms with Crippen molar-refractivity contribution in [1.29, 1.82) is 0 Å². The summed E-state index contributed by atoms with van der Waals surface area (Å²) in [5.41, 5.74) is 12.6. The van der Waals surface area contributed by atoms with Gasteiger partial charge in [0.2, 0.25) is 0 Å². The van der Waals surface area contributed by atoms with E-state index in [-0.39, 0.29) is 5.41 Å². The molecule has 1 aliphatic carbocycles. The summed E-state index contributed by atoms with van der Waals surface area (Å²) in [6.45, 7) is 4.73. The van der Waals surface area contributed by atoms with Crippen molar-refractivity contribution in [3.8, 4) is 22.5 Å². The predicted octanol–water partition coefficient (Wildman–Crippen LogP) is 13.6. The molecule has 0 aliphatic heterocycles. The zero-order valence-electron chi connectivity index (χ0n) is 29.6. The van der Waals surface area contributed by atoms with Crippen LogP contribution in [0.3, 0.4) is 0 Å². The molecule has 2 heterocycles. The van der Waals surface area contributed by atoms with Gasteiger partial charge in [0.05, 0.1) is 22.1 Å². The first kappa shape index (κ1) is 29.0. The van der Waals surface area contributed by atoms with Crippen LogP contribution in [-0.2, 0) is 5.41 Å². The lowest BCUT2D eigenvalue weighted by molar-refractivity contribution is 0.660. The van der Waals surface area contributed by atoms with E-state index in [2.05, 4.69) is 193 Å². The molecular weight excluding hydrogens is 641 g/mol. The molecule has 0 fully saturated rings. The number of benzene rings is 9. The Bertz CT molecular complexity index is 3330. The van der Waals surface area contributed by atoms with Gasteiger partial charge in [-0.05, 0) is 103 Å². The number of para-hydroxylation sites is 2. The van der Waals surface area contributed by atoms with Gasteiger partial charge in [-0.2, -0.15) is 0 Å². The van der Waals surface area contributed by atoms with Crippen LogP contribution in [0.1, 0.15) is 25.0 Å². The number of rotatable bonds is 2. The molecule has 0 saturated heterocycles. The number of hydrogen-bond acceptors (Lipinski definition) is 0. The van der Waals surface area contributed by atoms with Crippen molar-refractivity contribution >= 4 is 75.9 Å². The second kappa shape index (κ2) is 10.2. The Morgan fingerprint density at radius 3 is 1.38 bits per heavy atom. The largest absolute Gasteiger partial charge is 0.309 e. The highest BCUT2D eigenvalue weighted by Gasteiger charge is 2.35. The average molecular weight is 675 g/mol. The Kier molecular flexibility index (Phi) is 5.60. The monoisotopic (exact) mass is 674 g/mol. The molecule has 248 valence electrons. The number of aromatic nitrogens is 2. The third kappa shape index (κ3) is 3.77. The Hall–Kier alpha value is -6.64. The van der Waals surface area contributed by atoms with Crippen LogP contribution >= 0.6 is 0 Å². The summed E-state index contributed by atoms with van der Waals surface area (Å²) in [6, 6.07) is 63.4. The van der Waals surface area contributed by atoms with Crippen molar-refractivity contribution in [1.82, 2.24) is 9.13 Å². The Balaban J connectivity index is 1.17. The van der Waals surface area contributed by atoms with E-state index >= 15 is 0 Å². The third-order valence-corrected chi connectivity index (χ3v) is 12.3. The molecule has 53 heavy (non-hydrogen) atoms. The molecule has 12 rings (SSSR count).